The summed E-state index contributed by atoms with van der Waals surface area (Å²) in [5.74, 6) is 1.06. The van der Waals surface area contributed by atoms with E-state index in [2.05, 4.69) is 4.98 Å². The molecule has 0 aliphatic heterocycles. The highest BCUT2D eigenvalue weighted by Crippen LogP contribution is 2.27. The minimum Gasteiger partial charge on any atom is -0.492 e. The third-order valence-corrected chi connectivity index (χ3v) is 4.55. The van der Waals surface area contributed by atoms with Gasteiger partial charge in [0.05, 0.1) is 18.4 Å². The standard InChI is InChI=1S/C17H19ClN2O3/c18-16-14(17(21)22)5-6-15(19-16)20-9-7-13(11-20)23-10-8-12-3-1-2-4-12/h5-7,9,11-12H,1-4,8,10H2,(H,21,22). The molecule has 6 heteroatoms. The molecule has 0 spiro atoms. The van der Waals surface area contributed by atoms with Gasteiger partial charge in [-0.25, -0.2) is 9.78 Å². The molecule has 2 aromatic rings. The molecule has 1 aliphatic rings. The summed E-state index contributed by atoms with van der Waals surface area (Å²) < 4.78 is 7.55. The van der Waals surface area contributed by atoms with Crippen LogP contribution in [0, 0.1) is 5.92 Å². The van der Waals surface area contributed by atoms with Gasteiger partial charge in [0, 0.05) is 6.20 Å². The first-order chi connectivity index (χ1) is 11.1. The zero-order chi connectivity index (χ0) is 16.2. The molecule has 0 saturated heterocycles. The molecule has 2 aromatic heterocycles. The van der Waals surface area contributed by atoms with E-state index in [9.17, 15) is 4.79 Å². The van der Waals surface area contributed by atoms with Crippen molar-refractivity contribution >= 4 is 17.6 Å². The minimum absolute atomic E-state index is 0.00406. The third-order valence-electron chi connectivity index (χ3n) is 4.26. The van der Waals surface area contributed by atoms with Crippen molar-refractivity contribution in [2.45, 2.75) is 32.1 Å². The van der Waals surface area contributed by atoms with Crippen LogP contribution in [-0.4, -0.2) is 27.2 Å². The number of aromatic carboxylic acids is 1. The van der Waals surface area contributed by atoms with E-state index < -0.39 is 5.97 Å². The molecule has 1 saturated carbocycles. The second-order valence-electron chi connectivity index (χ2n) is 5.86. The zero-order valence-corrected chi connectivity index (χ0v) is 13.5. The molecule has 0 radical (unpaired) electrons. The Morgan fingerprint density at radius 1 is 1.35 bits per heavy atom. The fourth-order valence-corrected chi connectivity index (χ4v) is 3.21. The summed E-state index contributed by atoms with van der Waals surface area (Å²) >= 11 is 5.90. The van der Waals surface area contributed by atoms with E-state index in [-0.39, 0.29) is 10.7 Å². The number of hydrogen-bond acceptors (Lipinski definition) is 3. The van der Waals surface area contributed by atoms with Crippen molar-refractivity contribution in [3.8, 4) is 11.6 Å². The summed E-state index contributed by atoms with van der Waals surface area (Å²) in [4.78, 5) is 15.1. The van der Waals surface area contributed by atoms with Crippen molar-refractivity contribution < 1.29 is 14.6 Å². The molecule has 3 rings (SSSR count). The third kappa shape index (κ3) is 3.85. The van der Waals surface area contributed by atoms with Crippen LogP contribution in [0.3, 0.4) is 0 Å². The summed E-state index contributed by atoms with van der Waals surface area (Å²) in [6.45, 7) is 0.723. The number of ether oxygens (including phenoxy) is 1. The van der Waals surface area contributed by atoms with Crippen LogP contribution in [0.5, 0.6) is 5.75 Å². The Bertz CT molecular complexity index is 693. The largest absolute Gasteiger partial charge is 0.492 e. The van der Waals surface area contributed by atoms with Gasteiger partial charge in [0.2, 0.25) is 0 Å². The molecule has 1 aliphatic carbocycles. The highest BCUT2D eigenvalue weighted by molar-refractivity contribution is 6.32. The highest BCUT2D eigenvalue weighted by atomic mass is 35.5. The second kappa shape index (κ2) is 7.04. The number of carboxylic acid groups (broad SMARTS) is 1. The Morgan fingerprint density at radius 3 is 2.83 bits per heavy atom. The van der Waals surface area contributed by atoms with Crippen LogP contribution >= 0.6 is 11.6 Å². The molecule has 2 heterocycles. The van der Waals surface area contributed by atoms with Crippen LogP contribution in [0.25, 0.3) is 5.82 Å². The second-order valence-corrected chi connectivity index (χ2v) is 6.21. The first-order valence-corrected chi connectivity index (χ1v) is 8.22. The van der Waals surface area contributed by atoms with Gasteiger partial charge in [-0.1, -0.05) is 37.3 Å². The highest BCUT2D eigenvalue weighted by Gasteiger charge is 2.15. The lowest BCUT2D eigenvalue weighted by molar-refractivity contribution is 0.0696. The fraction of sp³-hybridized carbons (Fsp3) is 0.412. The molecule has 1 N–H and O–H groups in total. The van der Waals surface area contributed by atoms with Gasteiger partial charge in [-0.3, -0.25) is 0 Å². The van der Waals surface area contributed by atoms with Crippen LogP contribution in [0.2, 0.25) is 5.15 Å². The van der Waals surface area contributed by atoms with E-state index in [4.69, 9.17) is 21.4 Å². The van der Waals surface area contributed by atoms with Crippen molar-refractivity contribution in [3.63, 3.8) is 0 Å². The summed E-state index contributed by atoms with van der Waals surface area (Å²) in [6.07, 6.45) is 10.1. The molecule has 0 aromatic carbocycles. The first-order valence-electron chi connectivity index (χ1n) is 7.84. The van der Waals surface area contributed by atoms with E-state index >= 15 is 0 Å². The maximum absolute atomic E-state index is 10.9. The lowest BCUT2D eigenvalue weighted by atomic mass is 10.1. The van der Waals surface area contributed by atoms with Gasteiger partial charge in [0.15, 0.2) is 0 Å². The molecule has 0 amide bonds. The van der Waals surface area contributed by atoms with Crippen molar-refractivity contribution in [1.29, 1.82) is 0 Å². The van der Waals surface area contributed by atoms with E-state index in [0.29, 0.717) is 5.82 Å². The van der Waals surface area contributed by atoms with Gasteiger partial charge in [0.25, 0.3) is 0 Å². The van der Waals surface area contributed by atoms with Crippen LogP contribution in [0.15, 0.2) is 30.6 Å². The van der Waals surface area contributed by atoms with E-state index in [1.807, 2.05) is 18.5 Å². The van der Waals surface area contributed by atoms with Crippen LogP contribution in [0.4, 0.5) is 0 Å². The Labute approximate surface area is 139 Å². The molecule has 0 bridgehead atoms. The molecule has 1 fully saturated rings. The van der Waals surface area contributed by atoms with Crippen LogP contribution in [-0.2, 0) is 0 Å². The summed E-state index contributed by atoms with van der Waals surface area (Å²) in [5, 5.41) is 8.95. The Kier molecular flexibility index (Phi) is 4.86. The number of pyridine rings is 1. The molecular formula is C17H19ClN2O3. The van der Waals surface area contributed by atoms with Crippen molar-refractivity contribution in [2.24, 2.45) is 5.92 Å². The summed E-state index contributed by atoms with van der Waals surface area (Å²) in [5.41, 5.74) is -0.00406. The maximum atomic E-state index is 10.9. The van der Waals surface area contributed by atoms with E-state index in [0.717, 1.165) is 24.7 Å². The van der Waals surface area contributed by atoms with E-state index in [1.54, 1.807) is 10.6 Å². The number of carbonyl (C=O) groups is 1. The molecule has 23 heavy (non-hydrogen) atoms. The number of aromatic nitrogens is 2. The number of nitrogens with zero attached hydrogens (tertiary/aromatic N) is 2. The minimum atomic E-state index is -1.09. The average molecular weight is 335 g/mol. The average Bonchev–Trinajstić information content (AvgIpc) is 3.18. The quantitative estimate of drug-likeness (QED) is 0.805. The number of carboxylic acids is 1. The van der Waals surface area contributed by atoms with Gasteiger partial charge in [-0.05, 0) is 30.5 Å². The normalized spacial score (nSPS) is 15.0. The van der Waals surface area contributed by atoms with E-state index in [1.165, 1.54) is 31.7 Å². The summed E-state index contributed by atoms with van der Waals surface area (Å²) in [6, 6.07) is 4.95. The smallest absolute Gasteiger partial charge is 0.338 e. The molecule has 122 valence electrons. The number of rotatable bonds is 6. The van der Waals surface area contributed by atoms with Crippen molar-refractivity contribution in [1.82, 2.24) is 9.55 Å². The van der Waals surface area contributed by atoms with Gasteiger partial charge in [-0.15, -0.1) is 0 Å². The van der Waals surface area contributed by atoms with Crippen molar-refractivity contribution in [3.05, 3.63) is 41.3 Å². The first kappa shape index (κ1) is 15.9. The SMILES string of the molecule is O=C(O)c1ccc(-n2ccc(OCCC3CCCC3)c2)nc1Cl. The van der Waals surface area contributed by atoms with Crippen molar-refractivity contribution in [2.75, 3.05) is 6.61 Å². The molecular weight excluding hydrogens is 316 g/mol. The lowest BCUT2D eigenvalue weighted by Crippen LogP contribution is -2.04. The molecule has 0 unspecified atom stereocenters. The predicted molar refractivity (Wildman–Crippen MR) is 87.6 cm³/mol. The zero-order valence-electron chi connectivity index (χ0n) is 12.7. The summed E-state index contributed by atoms with van der Waals surface area (Å²) in [7, 11) is 0. The number of halogens is 1. The van der Waals surface area contributed by atoms with Crippen LogP contribution in [0.1, 0.15) is 42.5 Å². The monoisotopic (exact) mass is 334 g/mol. The van der Waals surface area contributed by atoms with Gasteiger partial charge in [-0.2, -0.15) is 0 Å². The Hall–Kier alpha value is -2.01. The van der Waals surface area contributed by atoms with Gasteiger partial charge < -0.3 is 14.4 Å². The molecule has 5 nitrogen and oxygen atoms in total. The Balaban J connectivity index is 1.62. The Morgan fingerprint density at radius 2 is 2.13 bits per heavy atom. The lowest BCUT2D eigenvalue weighted by Gasteiger charge is -2.09. The topological polar surface area (TPSA) is 64.3 Å². The molecule has 0 atom stereocenters. The van der Waals surface area contributed by atoms with Gasteiger partial charge in [0.1, 0.15) is 16.7 Å². The van der Waals surface area contributed by atoms with Crippen LogP contribution < -0.4 is 4.74 Å². The van der Waals surface area contributed by atoms with Gasteiger partial charge >= 0.3 is 5.97 Å². The fourth-order valence-electron chi connectivity index (χ4n) is 2.98. The maximum Gasteiger partial charge on any atom is 0.338 e. The predicted octanol–water partition coefficient (Wildman–Crippen LogP) is 4.18. The number of hydrogen-bond donors (Lipinski definition) is 1.